The second kappa shape index (κ2) is 7.16. The summed E-state index contributed by atoms with van der Waals surface area (Å²) in [7, 11) is 0. The summed E-state index contributed by atoms with van der Waals surface area (Å²) in [6.07, 6.45) is 5.80. The number of aryl methyl sites for hydroxylation is 2. The Labute approximate surface area is 141 Å². The normalized spacial score (nSPS) is 10.7. The number of aromatic nitrogens is 3. The van der Waals surface area contributed by atoms with Gasteiger partial charge in [0.05, 0.1) is 0 Å². The average Bonchev–Trinajstić information content (AvgIpc) is 3.05. The molecule has 0 saturated carbocycles. The predicted molar refractivity (Wildman–Crippen MR) is 84.4 cm³/mol. The van der Waals surface area contributed by atoms with Crippen molar-refractivity contribution in [3.8, 4) is 0 Å². The monoisotopic (exact) mass is 346 g/mol. The quantitative estimate of drug-likeness (QED) is 0.722. The van der Waals surface area contributed by atoms with Gasteiger partial charge in [-0.15, -0.1) is 0 Å². The highest BCUT2D eigenvalue weighted by Gasteiger charge is 2.15. The van der Waals surface area contributed by atoms with E-state index in [2.05, 4.69) is 15.4 Å². The first-order valence-electron chi connectivity index (χ1n) is 7.41. The first-order chi connectivity index (χ1) is 12.0. The zero-order valence-corrected chi connectivity index (χ0v) is 12.9. The molecule has 0 radical (unpaired) electrons. The molecule has 0 aliphatic heterocycles. The standard InChI is InChI=1S/C17H13F3N4O/c18-13-9-12(10-14(19)16(13)20)17(25)22-15-4-8-24(23-15)7-3-11-1-5-21-6-2-11/h1-2,4-6,8-10H,3,7H2,(H,22,23,25). The van der Waals surface area contributed by atoms with Crippen LogP contribution in [0.1, 0.15) is 15.9 Å². The van der Waals surface area contributed by atoms with Crippen LogP contribution in [0, 0.1) is 17.5 Å². The Balaban J connectivity index is 1.64. The first-order valence-corrected chi connectivity index (χ1v) is 7.41. The molecule has 0 fully saturated rings. The van der Waals surface area contributed by atoms with Gasteiger partial charge in [0.2, 0.25) is 0 Å². The summed E-state index contributed by atoms with van der Waals surface area (Å²) in [5, 5.41) is 6.57. The van der Waals surface area contributed by atoms with Crippen LogP contribution in [0.15, 0.2) is 48.9 Å². The summed E-state index contributed by atoms with van der Waals surface area (Å²) >= 11 is 0. The van der Waals surface area contributed by atoms with Crippen LogP contribution in [0.3, 0.4) is 0 Å². The molecule has 2 aromatic heterocycles. The van der Waals surface area contributed by atoms with Gasteiger partial charge in [-0.2, -0.15) is 5.10 Å². The Morgan fingerprint density at radius 2 is 1.76 bits per heavy atom. The van der Waals surface area contributed by atoms with Crippen molar-refractivity contribution in [2.24, 2.45) is 0 Å². The Kier molecular flexibility index (Phi) is 4.78. The van der Waals surface area contributed by atoms with Crippen molar-refractivity contribution in [2.75, 3.05) is 5.32 Å². The number of carbonyl (C=O) groups excluding carboxylic acids is 1. The largest absolute Gasteiger partial charge is 0.305 e. The summed E-state index contributed by atoms with van der Waals surface area (Å²) in [6.45, 7) is 0.583. The molecule has 1 aromatic carbocycles. The molecule has 3 rings (SSSR count). The maximum atomic E-state index is 13.2. The van der Waals surface area contributed by atoms with Crippen molar-refractivity contribution in [3.05, 3.63) is 77.5 Å². The summed E-state index contributed by atoms with van der Waals surface area (Å²) in [5.41, 5.74) is 0.760. The van der Waals surface area contributed by atoms with Gasteiger partial charge >= 0.3 is 0 Å². The second-order valence-electron chi connectivity index (χ2n) is 5.28. The molecule has 1 N–H and O–H groups in total. The number of benzene rings is 1. The molecule has 0 atom stereocenters. The third-order valence-electron chi connectivity index (χ3n) is 3.51. The van der Waals surface area contributed by atoms with Crippen LogP contribution in [0.4, 0.5) is 19.0 Å². The lowest BCUT2D eigenvalue weighted by Crippen LogP contribution is -2.14. The highest BCUT2D eigenvalue weighted by molar-refractivity contribution is 6.03. The van der Waals surface area contributed by atoms with E-state index >= 15 is 0 Å². The molecule has 0 aliphatic rings. The predicted octanol–water partition coefficient (Wildman–Crippen LogP) is 3.19. The number of hydrogen-bond acceptors (Lipinski definition) is 3. The van der Waals surface area contributed by atoms with Gasteiger partial charge < -0.3 is 5.32 Å². The molecule has 0 bridgehead atoms. The van der Waals surface area contributed by atoms with Gasteiger partial charge in [0.25, 0.3) is 5.91 Å². The van der Waals surface area contributed by atoms with Crippen LogP contribution in [-0.4, -0.2) is 20.7 Å². The van der Waals surface area contributed by atoms with E-state index in [0.717, 1.165) is 12.0 Å². The Morgan fingerprint density at radius 1 is 1.08 bits per heavy atom. The lowest BCUT2D eigenvalue weighted by molar-refractivity contribution is 0.102. The molecule has 0 spiro atoms. The molecule has 25 heavy (non-hydrogen) atoms. The highest BCUT2D eigenvalue weighted by atomic mass is 19.2. The number of rotatable bonds is 5. The van der Waals surface area contributed by atoms with E-state index in [1.54, 1.807) is 29.3 Å². The van der Waals surface area contributed by atoms with Gasteiger partial charge in [0.1, 0.15) is 0 Å². The average molecular weight is 346 g/mol. The maximum Gasteiger partial charge on any atom is 0.257 e. The molecule has 1 amide bonds. The molecule has 5 nitrogen and oxygen atoms in total. The van der Waals surface area contributed by atoms with Crippen LogP contribution in [0.2, 0.25) is 0 Å². The van der Waals surface area contributed by atoms with Crippen molar-refractivity contribution < 1.29 is 18.0 Å². The number of halogens is 3. The molecule has 0 saturated heterocycles. The van der Waals surface area contributed by atoms with Gasteiger partial charge in [-0.3, -0.25) is 14.5 Å². The fraction of sp³-hybridized carbons (Fsp3) is 0.118. The van der Waals surface area contributed by atoms with Crippen molar-refractivity contribution in [1.29, 1.82) is 0 Å². The van der Waals surface area contributed by atoms with Crippen LogP contribution >= 0.6 is 0 Å². The van der Waals surface area contributed by atoms with E-state index in [1.807, 2.05) is 12.1 Å². The maximum absolute atomic E-state index is 13.2. The number of hydrogen-bond donors (Lipinski definition) is 1. The summed E-state index contributed by atoms with van der Waals surface area (Å²) < 4.78 is 40.9. The number of pyridine rings is 1. The van der Waals surface area contributed by atoms with E-state index in [4.69, 9.17) is 0 Å². The Bertz CT molecular complexity index is 873. The van der Waals surface area contributed by atoms with Gasteiger partial charge in [0.15, 0.2) is 23.3 Å². The molecular weight excluding hydrogens is 333 g/mol. The van der Waals surface area contributed by atoms with E-state index in [9.17, 15) is 18.0 Å². The van der Waals surface area contributed by atoms with Crippen molar-refractivity contribution >= 4 is 11.7 Å². The molecular formula is C17H13F3N4O. The topological polar surface area (TPSA) is 59.8 Å². The minimum absolute atomic E-state index is 0.227. The zero-order valence-electron chi connectivity index (χ0n) is 12.9. The smallest absolute Gasteiger partial charge is 0.257 e. The number of amides is 1. The van der Waals surface area contributed by atoms with E-state index in [1.165, 1.54) is 0 Å². The number of nitrogens with zero attached hydrogens (tertiary/aromatic N) is 3. The third kappa shape index (κ3) is 4.03. The minimum Gasteiger partial charge on any atom is -0.305 e. The van der Waals surface area contributed by atoms with E-state index < -0.39 is 23.4 Å². The van der Waals surface area contributed by atoms with Gasteiger partial charge in [-0.25, -0.2) is 13.2 Å². The highest BCUT2D eigenvalue weighted by Crippen LogP contribution is 2.15. The third-order valence-corrected chi connectivity index (χ3v) is 3.51. The Hall–Kier alpha value is -3.16. The van der Waals surface area contributed by atoms with Crippen molar-refractivity contribution in [3.63, 3.8) is 0 Å². The van der Waals surface area contributed by atoms with Crippen molar-refractivity contribution in [1.82, 2.24) is 14.8 Å². The van der Waals surface area contributed by atoms with Gasteiger partial charge in [-0.05, 0) is 36.2 Å². The number of anilines is 1. The molecule has 3 aromatic rings. The molecule has 0 aliphatic carbocycles. The minimum atomic E-state index is -1.61. The van der Waals surface area contributed by atoms with Crippen LogP contribution in [0.25, 0.3) is 0 Å². The first kappa shape index (κ1) is 16.7. The fourth-order valence-electron chi connectivity index (χ4n) is 2.22. The number of nitrogens with one attached hydrogen (secondary N) is 1. The summed E-state index contributed by atoms with van der Waals surface area (Å²) in [5.74, 6) is -5.01. The SMILES string of the molecule is O=C(Nc1ccn(CCc2ccncc2)n1)c1cc(F)c(F)c(F)c1. The molecule has 8 heteroatoms. The van der Waals surface area contributed by atoms with E-state index in [-0.39, 0.29) is 11.4 Å². The number of carbonyl (C=O) groups is 1. The van der Waals surface area contributed by atoms with Crippen molar-refractivity contribution in [2.45, 2.75) is 13.0 Å². The fourth-order valence-corrected chi connectivity index (χ4v) is 2.22. The van der Waals surface area contributed by atoms with Crippen LogP contribution in [0.5, 0.6) is 0 Å². The summed E-state index contributed by atoms with van der Waals surface area (Å²) in [6, 6.07) is 6.61. The summed E-state index contributed by atoms with van der Waals surface area (Å²) in [4.78, 5) is 15.9. The van der Waals surface area contributed by atoms with E-state index in [0.29, 0.717) is 18.7 Å². The van der Waals surface area contributed by atoms with Crippen LogP contribution in [-0.2, 0) is 13.0 Å². The lowest BCUT2D eigenvalue weighted by atomic mass is 10.2. The molecule has 128 valence electrons. The lowest BCUT2D eigenvalue weighted by Gasteiger charge is -2.04. The van der Waals surface area contributed by atoms with Crippen LogP contribution < -0.4 is 5.32 Å². The molecule has 2 heterocycles. The second-order valence-corrected chi connectivity index (χ2v) is 5.28. The van der Waals surface area contributed by atoms with Gasteiger partial charge in [0, 0.05) is 36.8 Å². The molecule has 0 unspecified atom stereocenters. The zero-order chi connectivity index (χ0) is 17.8. The van der Waals surface area contributed by atoms with Gasteiger partial charge in [-0.1, -0.05) is 0 Å². The Morgan fingerprint density at radius 3 is 2.44 bits per heavy atom.